The van der Waals surface area contributed by atoms with E-state index < -0.39 is 11.2 Å². The lowest BCUT2D eigenvalue weighted by molar-refractivity contribution is -0.122. The Kier molecular flexibility index (Phi) is 5.16. The van der Waals surface area contributed by atoms with Gasteiger partial charge in [-0.15, -0.1) is 0 Å². The zero-order valence-corrected chi connectivity index (χ0v) is 12.8. The Morgan fingerprint density at radius 2 is 1.95 bits per heavy atom. The molecule has 0 saturated carbocycles. The van der Waals surface area contributed by atoms with Gasteiger partial charge in [-0.05, 0) is 31.0 Å². The van der Waals surface area contributed by atoms with Gasteiger partial charge in [0.25, 0.3) is 5.56 Å². The van der Waals surface area contributed by atoms with Crippen molar-refractivity contribution in [2.24, 2.45) is 0 Å². The highest BCUT2D eigenvalue weighted by atomic mass is 35.5. The molecule has 2 aromatic rings. The number of benzene rings is 1. The minimum Gasteiger partial charge on any atom is -0.352 e. The fraction of sp³-hybridized carbons (Fsp3) is 0.267. The average Bonchev–Trinajstić information content (AvgIpc) is 2.44. The molecule has 0 unspecified atom stereocenters. The molecule has 116 valence electrons. The first-order valence-electron chi connectivity index (χ1n) is 6.77. The summed E-state index contributed by atoms with van der Waals surface area (Å²) in [4.78, 5) is 36.5. The number of aromatic amines is 1. The third-order valence-corrected chi connectivity index (χ3v) is 3.33. The lowest BCUT2D eigenvalue weighted by Crippen LogP contribution is -2.39. The number of nitrogens with one attached hydrogen (secondary N) is 2. The first kappa shape index (κ1) is 16.0. The van der Waals surface area contributed by atoms with Crippen LogP contribution in [0.1, 0.15) is 12.5 Å². The van der Waals surface area contributed by atoms with Crippen molar-refractivity contribution < 1.29 is 4.79 Å². The van der Waals surface area contributed by atoms with Gasteiger partial charge in [-0.1, -0.05) is 23.7 Å². The van der Waals surface area contributed by atoms with Gasteiger partial charge in [0.1, 0.15) is 6.54 Å². The summed E-state index contributed by atoms with van der Waals surface area (Å²) in [5, 5.41) is 3.47. The van der Waals surface area contributed by atoms with Gasteiger partial charge in [0.05, 0.1) is 0 Å². The van der Waals surface area contributed by atoms with Crippen LogP contribution < -0.4 is 16.6 Å². The first-order valence-corrected chi connectivity index (χ1v) is 7.15. The predicted molar refractivity (Wildman–Crippen MR) is 84.1 cm³/mol. The van der Waals surface area contributed by atoms with Crippen LogP contribution in [0.15, 0.2) is 46.1 Å². The highest BCUT2D eigenvalue weighted by Crippen LogP contribution is 2.10. The van der Waals surface area contributed by atoms with E-state index in [0.717, 1.165) is 10.1 Å². The number of carbonyl (C=O) groups excluding carboxylic acids is 1. The van der Waals surface area contributed by atoms with Gasteiger partial charge in [-0.3, -0.25) is 19.1 Å². The van der Waals surface area contributed by atoms with Crippen LogP contribution in [0.3, 0.4) is 0 Å². The minimum atomic E-state index is -0.604. The molecule has 0 fully saturated rings. The van der Waals surface area contributed by atoms with Crippen molar-refractivity contribution in [2.45, 2.75) is 25.9 Å². The van der Waals surface area contributed by atoms with Crippen molar-refractivity contribution in [2.75, 3.05) is 0 Å². The molecule has 1 amide bonds. The molecule has 0 radical (unpaired) electrons. The van der Waals surface area contributed by atoms with Crippen LogP contribution >= 0.6 is 11.6 Å². The van der Waals surface area contributed by atoms with E-state index >= 15 is 0 Å². The smallest absolute Gasteiger partial charge is 0.328 e. The second kappa shape index (κ2) is 7.09. The summed E-state index contributed by atoms with van der Waals surface area (Å²) in [7, 11) is 0. The molecule has 1 aromatic heterocycles. The summed E-state index contributed by atoms with van der Waals surface area (Å²) in [5.74, 6) is -0.296. The quantitative estimate of drug-likeness (QED) is 0.859. The summed E-state index contributed by atoms with van der Waals surface area (Å²) in [6.45, 7) is 1.74. The second-order valence-electron chi connectivity index (χ2n) is 5.04. The molecule has 1 heterocycles. The molecule has 2 rings (SSSR count). The molecule has 1 atom stereocenters. The Morgan fingerprint density at radius 1 is 1.27 bits per heavy atom. The maximum Gasteiger partial charge on any atom is 0.328 e. The Balaban J connectivity index is 1.92. The van der Waals surface area contributed by atoms with Gasteiger partial charge < -0.3 is 5.32 Å². The number of halogens is 1. The van der Waals surface area contributed by atoms with Gasteiger partial charge in [0.15, 0.2) is 0 Å². The summed E-state index contributed by atoms with van der Waals surface area (Å²) in [5.41, 5.74) is -0.0378. The third kappa shape index (κ3) is 4.60. The van der Waals surface area contributed by atoms with Gasteiger partial charge >= 0.3 is 5.69 Å². The van der Waals surface area contributed by atoms with E-state index in [0.29, 0.717) is 11.4 Å². The van der Waals surface area contributed by atoms with Crippen molar-refractivity contribution >= 4 is 17.5 Å². The van der Waals surface area contributed by atoms with Crippen LogP contribution in [-0.2, 0) is 17.8 Å². The summed E-state index contributed by atoms with van der Waals surface area (Å²) >= 11 is 5.82. The molecule has 1 aromatic carbocycles. The van der Waals surface area contributed by atoms with E-state index in [-0.39, 0.29) is 18.5 Å². The molecule has 6 nitrogen and oxygen atoms in total. The molecule has 7 heteroatoms. The number of amides is 1. The average molecular weight is 322 g/mol. The van der Waals surface area contributed by atoms with Crippen LogP contribution in [0.2, 0.25) is 5.02 Å². The topological polar surface area (TPSA) is 84.0 Å². The first-order chi connectivity index (χ1) is 10.4. The fourth-order valence-electron chi connectivity index (χ4n) is 2.07. The molecule has 0 saturated heterocycles. The maximum atomic E-state index is 11.9. The number of nitrogens with zero attached hydrogens (tertiary/aromatic N) is 1. The van der Waals surface area contributed by atoms with Crippen LogP contribution in [0, 0.1) is 0 Å². The number of hydrogen-bond donors (Lipinski definition) is 2. The summed E-state index contributed by atoms with van der Waals surface area (Å²) in [6, 6.07) is 8.50. The highest BCUT2D eigenvalue weighted by molar-refractivity contribution is 6.30. The Hall–Kier alpha value is -2.34. The molecule has 0 aliphatic rings. The van der Waals surface area contributed by atoms with Crippen molar-refractivity contribution in [3.05, 3.63) is 68.0 Å². The fourth-order valence-corrected chi connectivity index (χ4v) is 2.19. The molecule has 2 N–H and O–H groups in total. The predicted octanol–water partition coefficient (Wildman–Crippen LogP) is 0.937. The molecule has 22 heavy (non-hydrogen) atoms. The number of rotatable bonds is 5. The van der Waals surface area contributed by atoms with Crippen LogP contribution in [0.5, 0.6) is 0 Å². The van der Waals surface area contributed by atoms with E-state index in [1.807, 2.05) is 19.1 Å². The van der Waals surface area contributed by atoms with Crippen LogP contribution in [0.25, 0.3) is 0 Å². The van der Waals surface area contributed by atoms with Crippen molar-refractivity contribution in [3.8, 4) is 0 Å². The zero-order valence-electron chi connectivity index (χ0n) is 12.0. The van der Waals surface area contributed by atoms with E-state index in [2.05, 4.69) is 10.3 Å². The van der Waals surface area contributed by atoms with E-state index in [4.69, 9.17) is 11.6 Å². The molecule has 0 aliphatic carbocycles. The Bertz CT molecular complexity index is 765. The highest BCUT2D eigenvalue weighted by Gasteiger charge is 2.09. The number of aromatic nitrogens is 2. The zero-order chi connectivity index (χ0) is 16.1. The molecular formula is C15H16ClN3O3. The largest absolute Gasteiger partial charge is 0.352 e. The summed E-state index contributed by atoms with van der Waals surface area (Å²) in [6.07, 6.45) is 1.95. The van der Waals surface area contributed by atoms with Gasteiger partial charge in [0.2, 0.25) is 5.91 Å². The standard InChI is InChI=1S/C15H16ClN3O3/c1-10(8-11-2-4-12(16)5-3-11)17-14(21)9-19-7-6-13(20)18-15(19)22/h2-7,10H,8-9H2,1H3,(H,17,21)(H,18,20,22)/t10-/m0/s1. The molecule has 0 bridgehead atoms. The molecular weight excluding hydrogens is 306 g/mol. The Labute approximate surface area is 131 Å². The second-order valence-corrected chi connectivity index (χ2v) is 5.47. The van der Waals surface area contributed by atoms with E-state index in [1.165, 1.54) is 12.3 Å². The number of carbonyl (C=O) groups is 1. The van der Waals surface area contributed by atoms with Crippen molar-refractivity contribution in [3.63, 3.8) is 0 Å². The van der Waals surface area contributed by atoms with Crippen molar-refractivity contribution in [1.82, 2.24) is 14.9 Å². The van der Waals surface area contributed by atoms with Gasteiger partial charge in [-0.2, -0.15) is 0 Å². The monoisotopic (exact) mass is 321 g/mol. The maximum absolute atomic E-state index is 11.9. The number of H-pyrrole nitrogens is 1. The third-order valence-electron chi connectivity index (χ3n) is 3.07. The van der Waals surface area contributed by atoms with E-state index in [1.54, 1.807) is 12.1 Å². The molecule has 0 spiro atoms. The van der Waals surface area contributed by atoms with Gasteiger partial charge in [0, 0.05) is 23.3 Å². The minimum absolute atomic E-state index is 0.0906. The van der Waals surface area contributed by atoms with Crippen LogP contribution in [0.4, 0.5) is 0 Å². The van der Waals surface area contributed by atoms with Gasteiger partial charge in [-0.25, -0.2) is 4.79 Å². The Morgan fingerprint density at radius 3 is 2.59 bits per heavy atom. The normalized spacial score (nSPS) is 11.9. The van der Waals surface area contributed by atoms with Crippen LogP contribution in [-0.4, -0.2) is 21.5 Å². The van der Waals surface area contributed by atoms with E-state index in [9.17, 15) is 14.4 Å². The molecule has 0 aliphatic heterocycles. The SMILES string of the molecule is C[C@@H](Cc1ccc(Cl)cc1)NC(=O)Cn1ccc(=O)[nH]c1=O. The lowest BCUT2D eigenvalue weighted by atomic mass is 10.1. The lowest BCUT2D eigenvalue weighted by Gasteiger charge is -2.14. The number of hydrogen-bond acceptors (Lipinski definition) is 3. The summed E-state index contributed by atoms with van der Waals surface area (Å²) < 4.78 is 1.14. The van der Waals surface area contributed by atoms with Crippen molar-refractivity contribution in [1.29, 1.82) is 0 Å².